The van der Waals surface area contributed by atoms with Crippen LogP contribution in [0.2, 0.25) is 5.02 Å². The second kappa shape index (κ2) is 11.4. The third-order valence-corrected chi connectivity index (χ3v) is 7.84. The van der Waals surface area contributed by atoms with Gasteiger partial charge in [-0.05, 0) is 103 Å². The van der Waals surface area contributed by atoms with Gasteiger partial charge in [-0.3, -0.25) is 4.99 Å². The summed E-state index contributed by atoms with van der Waals surface area (Å²) in [4.78, 5) is 9.72. The molecule has 5 rings (SSSR count). The number of aryl methyl sites for hydroxylation is 1. The number of ether oxygens (including phenoxy) is 1. The minimum absolute atomic E-state index is 0.448. The molecule has 0 saturated heterocycles. The maximum Gasteiger partial charge on any atom is 0.214 e. The summed E-state index contributed by atoms with van der Waals surface area (Å²) in [5, 5.41) is 9.98. The summed E-state index contributed by atoms with van der Waals surface area (Å²) in [6.07, 6.45) is 6.01. The Balaban J connectivity index is 1.29. The Morgan fingerprint density at radius 3 is 2.69 bits per heavy atom. The van der Waals surface area contributed by atoms with Crippen molar-refractivity contribution in [3.63, 3.8) is 0 Å². The molecule has 0 atom stereocenters. The predicted molar refractivity (Wildman–Crippen MR) is 160 cm³/mol. The lowest BCUT2D eigenvalue weighted by molar-refractivity contribution is 0.346. The van der Waals surface area contributed by atoms with Crippen LogP contribution < -0.4 is 4.74 Å². The number of aromatic nitrogens is 1. The van der Waals surface area contributed by atoms with Crippen LogP contribution in [0, 0.1) is 24.2 Å². The summed E-state index contributed by atoms with van der Waals surface area (Å²) in [5.41, 5.74) is 11.1. The first-order chi connectivity index (χ1) is 18.8. The number of benzene rings is 2. The molecule has 1 fully saturated rings. The van der Waals surface area contributed by atoms with Crippen molar-refractivity contribution in [3.8, 4) is 11.9 Å². The van der Waals surface area contributed by atoms with Crippen LogP contribution in [-0.4, -0.2) is 23.8 Å². The summed E-state index contributed by atoms with van der Waals surface area (Å²) in [5.74, 6) is 1.18. The molecule has 1 heterocycles. The van der Waals surface area contributed by atoms with E-state index in [2.05, 4.69) is 56.5 Å². The lowest BCUT2D eigenvalue weighted by Crippen LogP contribution is -2.05. The van der Waals surface area contributed by atoms with Crippen LogP contribution in [0.1, 0.15) is 58.8 Å². The van der Waals surface area contributed by atoms with E-state index in [1.165, 1.54) is 29.5 Å². The monoisotopic (exact) mass is 533 g/mol. The predicted octanol–water partition coefficient (Wildman–Crippen LogP) is 7.96. The summed E-state index contributed by atoms with van der Waals surface area (Å²) in [6.45, 7) is 13.4. The highest BCUT2D eigenvalue weighted by Gasteiger charge is 2.25. The van der Waals surface area contributed by atoms with E-state index in [9.17, 15) is 5.26 Å². The lowest BCUT2D eigenvalue weighted by Gasteiger charge is -2.11. The molecule has 2 aliphatic carbocycles. The fraction of sp³-hybridized carbons (Fsp3) is 0.265. The first kappa shape index (κ1) is 26.7. The van der Waals surface area contributed by atoms with Gasteiger partial charge in [-0.1, -0.05) is 55.1 Å². The molecular formula is C34H32ClN3O. The zero-order valence-electron chi connectivity index (χ0n) is 22.6. The van der Waals surface area contributed by atoms with Gasteiger partial charge in [0.25, 0.3) is 0 Å². The topological polar surface area (TPSA) is 58.3 Å². The Morgan fingerprint density at radius 2 is 1.95 bits per heavy atom. The average Bonchev–Trinajstić information content (AvgIpc) is 3.77. The highest BCUT2D eigenvalue weighted by atomic mass is 35.5. The average molecular weight is 534 g/mol. The largest absolute Gasteiger partial charge is 0.473 e. The quantitative estimate of drug-likeness (QED) is 0.167. The standard InChI is InChI=1S/C34H32ClN3O/c1-21-6-5-7-31(35)33(21)24(4)37-20-29(25-8-9-25)14-15-39-32-13-12-28-18-30-17-26(23(3)19-36)10-11-27(30)16-22(2)34(28)38-32/h5-7,10-14,17,25H,2-3,8-9,15-16,18,20H2,1,4H3/b29-14-,37-24+. The van der Waals surface area contributed by atoms with Crippen LogP contribution in [0.4, 0.5) is 0 Å². The van der Waals surface area contributed by atoms with Crippen LogP contribution in [-0.2, 0) is 12.8 Å². The smallest absolute Gasteiger partial charge is 0.214 e. The van der Waals surface area contributed by atoms with Gasteiger partial charge < -0.3 is 4.74 Å². The first-order valence-corrected chi connectivity index (χ1v) is 13.7. The molecule has 196 valence electrons. The molecule has 0 bridgehead atoms. The molecule has 0 unspecified atom stereocenters. The molecule has 2 aromatic carbocycles. The van der Waals surface area contributed by atoms with Gasteiger partial charge in [-0.2, -0.15) is 5.26 Å². The fourth-order valence-corrected chi connectivity index (χ4v) is 5.52. The Labute approximate surface area is 236 Å². The second-order valence-corrected chi connectivity index (χ2v) is 10.8. The van der Waals surface area contributed by atoms with Crippen LogP contribution in [0.5, 0.6) is 5.88 Å². The van der Waals surface area contributed by atoms with Gasteiger partial charge in [-0.15, -0.1) is 0 Å². The van der Waals surface area contributed by atoms with Crippen molar-refractivity contribution >= 4 is 28.5 Å². The van der Waals surface area contributed by atoms with Crippen molar-refractivity contribution in [2.75, 3.05) is 13.2 Å². The molecule has 0 aliphatic heterocycles. The second-order valence-electron chi connectivity index (χ2n) is 10.4. The minimum atomic E-state index is 0.448. The van der Waals surface area contributed by atoms with Crippen molar-refractivity contribution in [1.29, 1.82) is 5.26 Å². The van der Waals surface area contributed by atoms with E-state index in [4.69, 9.17) is 26.3 Å². The van der Waals surface area contributed by atoms with Crippen molar-refractivity contribution < 1.29 is 4.74 Å². The number of allylic oxidation sites excluding steroid dienone is 2. The van der Waals surface area contributed by atoms with Crippen molar-refractivity contribution in [2.45, 2.75) is 39.5 Å². The number of nitrogens with zero attached hydrogens (tertiary/aromatic N) is 3. The molecule has 1 aromatic heterocycles. The number of hydrogen-bond donors (Lipinski definition) is 0. The summed E-state index contributed by atoms with van der Waals surface area (Å²) in [7, 11) is 0. The Kier molecular flexibility index (Phi) is 7.82. The number of pyridine rings is 1. The molecule has 0 spiro atoms. The summed E-state index contributed by atoms with van der Waals surface area (Å²) < 4.78 is 6.10. The number of fused-ring (bicyclic) bond motifs is 2. The number of nitriles is 1. The third-order valence-electron chi connectivity index (χ3n) is 7.52. The maximum absolute atomic E-state index is 9.24. The number of aliphatic imine (C=N–C) groups is 1. The Bertz CT molecular complexity index is 1550. The Hall–Kier alpha value is -3.94. The molecule has 2 aliphatic rings. The minimum Gasteiger partial charge on any atom is -0.473 e. The SMILES string of the molecule is C=C(C#N)c1ccc2c(c1)Cc1ccc(OC/C=C(/C/N=C(\C)c3c(C)cccc3Cl)C3CC3)nc1C(=C)C2. The van der Waals surface area contributed by atoms with E-state index in [1.54, 1.807) is 0 Å². The van der Waals surface area contributed by atoms with Crippen LogP contribution in [0.15, 0.2) is 78.3 Å². The number of rotatable bonds is 8. The highest BCUT2D eigenvalue weighted by Crippen LogP contribution is 2.37. The molecule has 0 amide bonds. The fourth-order valence-electron chi connectivity index (χ4n) is 5.16. The summed E-state index contributed by atoms with van der Waals surface area (Å²) in [6, 6.07) is 18.2. The van der Waals surface area contributed by atoms with Gasteiger partial charge in [0.2, 0.25) is 5.88 Å². The van der Waals surface area contributed by atoms with Gasteiger partial charge in [-0.25, -0.2) is 4.98 Å². The van der Waals surface area contributed by atoms with Gasteiger partial charge in [0.05, 0.1) is 23.9 Å². The third kappa shape index (κ3) is 6.05. The van der Waals surface area contributed by atoms with Crippen LogP contribution in [0.25, 0.3) is 11.1 Å². The summed E-state index contributed by atoms with van der Waals surface area (Å²) >= 11 is 6.44. The van der Waals surface area contributed by atoms with E-state index < -0.39 is 0 Å². The molecule has 39 heavy (non-hydrogen) atoms. The first-order valence-electron chi connectivity index (χ1n) is 13.3. The van der Waals surface area contributed by atoms with Gasteiger partial charge in [0.1, 0.15) is 6.61 Å². The zero-order valence-corrected chi connectivity index (χ0v) is 23.3. The Morgan fingerprint density at radius 1 is 1.15 bits per heavy atom. The van der Waals surface area contributed by atoms with Crippen molar-refractivity contribution in [2.24, 2.45) is 10.9 Å². The molecule has 1 saturated carbocycles. The van der Waals surface area contributed by atoms with Gasteiger partial charge in [0.15, 0.2) is 0 Å². The number of hydrogen-bond acceptors (Lipinski definition) is 4. The van der Waals surface area contributed by atoms with E-state index in [1.807, 2.05) is 31.2 Å². The zero-order chi connectivity index (χ0) is 27.5. The van der Waals surface area contributed by atoms with Crippen molar-refractivity contribution in [3.05, 3.63) is 117 Å². The van der Waals surface area contributed by atoms with E-state index in [0.717, 1.165) is 50.7 Å². The molecule has 5 heteroatoms. The van der Waals surface area contributed by atoms with Crippen molar-refractivity contribution in [1.82, 2.24) is 4.98 Å². The van der Waals surface area contributed by atoms with E-state index in [-0.39, 0.29) is 0 Å². The molecule has 0 N–H and O–H groups in total. The van der Waals surface area contributed by atoms with Gasteiger partial charge >= 0.3 is 0 Å². The molecule has 3 aromatic rings. The molecule has 0 radical (unpaired) electrons. The number of halogens is 1. The van der Waals surface area contributed by atoms with E-state index >= 15 is 0 Å². The van der Waals surface area contributed by atoms with Crippen LogP contribution in [0.3, 0.4) is 0 Å². The van der Waals surface area contributed by atoms with Gasteiger partial charge in [0, 0.05) is 22.4 Å². The molecule has 4 nitrogen and oxygen atoms in total. The maximum atomic E-state index is 9.24. The lowest BCUT2D eigenvalue weighted by atomic mass is 9.96. The molecular weight excluding hydrogens is 502 g/mol. The van der Waals surface area contributed by atoms with E-state index in [0.29, 0.717) is 36.9 Å². The normalized spacial score (nSPS) is 15.2. The highest BCUT2D eigenvalue weighted by molar-refractivity contribution is 6.34. The van der Waals surface area contributed by atoms with Crippen LogP contribution >= 0.6 is 11.6 Å².